The number of benzene rings is 1. The van der Waals surface area contributed by atoms with Crippen LogP contribution in [0, 0.1) is 0 Å². The molecule has 1 saturated heterocycles. The van der Waals surface area contributed by atoms with Gasteiger partial charge in [-0.15, -0.1) is 0 Å². The van der Waals surface area contributed by atoms with Crippen molar-refractivity contribution in [1.82, 2.24) is 0 Å². The van der Waals surface area contributed by atoms with Gasteiger partial charge >= 0.3 is 0 Å². The Kier molecular flexibility index (Phi) is 4.74. The lowest BCUT2D eigenvalue weighted by Gasteiger charge is -2.37. The smallest absolute Gasteiger partial charge is 0.158 e. The van der Waals surface area contributed by atoms with Gasteiger partial charge in [-0.05, 0) is 40.9 Å². The summed E-state index contributed by atoms with van der Waals surface area (Å²) < 4.78 is 17.4. The van der Waals surface area contributed by atoms with Gasteiger partial charge in [-0.3, -0.25) is 0 Å². The largest absolute Gasteiger partial charge is 0.345 e. The molecular formula is C14H21O3P. The fourth-order valence-corrected chi connectivity index (χ4v) is 4.89. The van der Waals surface area contributed by atoms with Crippen LogP contribution in [0.15, 0.2) is 30.3 Å². The van der Waals surface area contributed by atoms with Crippen molar-refractivity contribution >= 4 is 13.2 Å². The number of hydrogen-bond acceptors (Lipinski definition) is 3. The summed E-state index contributed by atoms with van der Waals surface area (Å²) in [5.41, 5.74) is 0. The average Bonchev–Trinajstić information content (AvgIpc) is 2.28. The topological polar surface area (TPSA) is 27.7 Å². The van der Waals surface area contributed by atoms with E-state index >= 15 is 0 Å². The predicted molar refractivity (Wildman–Crippen MR) is 74.1 cm³/mol. The lowest BCUT2D eigenvalue weighted by Crippen LogP contribution is -2.35. The Hall–Kier alpha value is -0.470. The zero-order chi connectivity index (χ0) is 13.1. The van der Waals surface area contributed by atoms with Crippen LogP contribution >= 0.6 is 7.92 Å². The fourth-order valence-electron chi connectivity index (χ4n) is 2.34. The van der Waals surface area contributed by atoms with Crippen molar-refractivity contribution in [3.8, 4) is 0 Å². The van der Waals surface area contributed by atoms with Crippen LogP contribution in [0.25, 0.3) is 0 Å². The van der Waals surface area contributed by atoms with E-state index < -0.39 is 7.92 Å². The minimum absolute atomic E-state index is 0.125. The van der Waals surface area contributed by atoms with E-state index in [4.69, 9.17) is 14.2 Å². The lowest BCUT2D eigenvalue weighted by atomic mass is 10.4. The molecule has 100 valence electrons. The number of hydrogen-bond donors (Lipinski definition) is 0. The van der Waals surface area contributed by atoms with Gasteiger partial charge in [-0.2, -0.15) is 0 Å². The summed E-state index contributed by atoms with van der Waals surface area (Å²) in [5.74, 6) is 0.250. The maximum atomic E-state index is 5.93. The van der Waals surface area contributed by atoms with Gasteiger partial charge in [-0.1, -0.05) is 30.3 Å². The van der Waals surface area contributed by atoms with Gasteiger partial charge in [-0.25, -0.2) is 0 Å². The first-order valence-corrected chi connectivity index (χ1v) is 7.85. The quantitative estimate of drug-likeness (QED) is 0.732. The summed E-state index contributed by atoms with van der Waals surface area (Å²) in [7, 11) is -0.511. The average molecular weight is 268 g/mol. The molecule has 18 heavy (non-hydrogen) atoms. The third-order valence-corrected chi connectivity index (χ3v) is 5.70. The van der Waals surface area contributed by atoms with Crippen molar-refractivity contribution in [1.29, 1.82) is 0 Å². The van der Waals surface area contributed by atoms with Gasteiger partial charge in [0.25, 0.3) is 0 Å². The van der Waals surface area contributed by atoms with Crippen LogP contribution in [0.1, 0.15) is 27.7 Å². The highest BCUT2D eigenvalue weighted by atomic mass is 31.1. The minimum atomic E-state index is -0.511. The second-order valence-corrected chi connectivity index (χ2v) is 7.27. The fraction of sp³-hybridized carbons (Fsp3) is 0.571. The zero-order valence-corrected chi connectivity index (χ0v) is 12.3. The van der Waals surface area contributed by atoms with Crippen LogP contribution in [-0.4, -0.2) is 24.3 Å². The highest BCUT2D eigenvalue weighted by Gasteiger charge is 2.31. The van der Waals surface area contributed by atoms with Crippen LogP contribution in [0.2, 0.25) is 0 Å². The van der Waals surface area contributed by atoms with Crippen LogP contribution in [0.4, 0.5) is 0 Å². The second kappa shape index (κ2) is 6.12. The van der Waals surface area contributed by atoms with Crippen LogP contribution in [-0.2, 0) is 14.2 Å². The summed E-state index contributed by atoms with van der Waals surface area (Å²) in [6.07, 6.45) is -0.451. The van der Waals surface area contributed by atoms with Gasteiger partial charge < -0.3 is 14.2 Å². The van der Waals surface area contributed by atoms with Gasteiger partial charge in [0.1, 0.15) is 0 Å². The van der Waals surface area contributed by atoms with Gasteiger partial charge in [0.05, 0.1) is 11.7 Å². The van der Waals surface area contributed by atoms with E-state index in [1.165, 1.54) is 5.30 Å². The Morgan fingerprint density at radius 1 is 0.778 bits per heavy atom. The molecule has 1 aromatic carbocycles. The van der Waals surface area contributed by atoms with Crippen LogP contribution < -0.4 is 5.30 Å². The first-order valence-electron chi connectivity index (χ1n) is 6.37. The zero-order valence-electron chi connectivity index (χ0n) is 11.4. The highest BCUT2D eigenvalue weighted by Crippen LogP contribution is 2.48. The van der Waals surface area contributed by atoms with Gasteiger partial charge in [0.2, 0.25) is 0 Å². The Labute approximate surface area is 110 Å². The van der Waals surface area contributed by atoms with Crippen molar-refractivity contribution in [2.45, 2.75) is 52.0 Å². The summed E-state index contributed by atoms with van der Waals surface area (Å²) in [5, 5.41) is 1.31. The Morgan fingerprint density at radius 2 is 1.28 bits per heavy atom. The lowest BCUT2D eigenvalue weighted by molar-refractivity contribution is -0.244. The maximum Gasteiger partial charge on any atom is 0.158 e. The molecule has 4 unspecified atom stereocenters. The predicted octanol–water partition coefficient (Wildman–Crippen LogP) is 3.24. The summed E-state index contributed by atoms with van der Waals surface area (Å²) >= 11 is 0. The Morgan fingerprint density at radius 3 is 1.78 bits per heavy atom. The molecular weight excluding hydrogens is 247 g/mol. The van der Waals surface area contributed by atoms with Crippen molar-refractivity contribution in [3.63, 3.8) is 0 Å². The van der Waals surface area contributed by atoms with E-state index in [1.54, 1.807) is 0 Å². The molecule has 0 aliphatic carbocycles. The van der Waals surface area contributed by atoms with E-state index in [0.717, 1.165) is 0 Å². The molecule has 0 bridgehead atoms. The van der Waals surface area contributed by atoms with Crippen LogP contribution in [0.3, 0.4) is 0 Å². The minimum Gasteiger partial charge on any atom is -0.345 e. The summed E-state index contributed by atoms with van der Waals surface area (Å²) in [6, 6.07) is 10.5. The third-order valence-electron chi connectivity index (χ3n) is 3.00. The second-order valence-electron chi connectivity index (χ2n) is 4.48. The number of rotatable bonds is 1. The third kappa shape index (κ3) is 3.30. The highest BCUT2D eigenvalue weighted by molar-refractivity contribution is 7.66. The molecule has 1 aliphatic heterocycles. The molecule has 2 rings (SSSR count). The van der Waals surface area contributed by atoms with Crippen molar-refractivity contribution < 1.29 is 14.2 Å². The maximum absolute atomic E-state index is 5.93. The monoisotopic (exact) mass is 268 g/mol. The molecule has 4 atom stereocenters. The molecule has 0 N–H and O–H groups in total. The molecule has 0 aromatic heterocycles. The number of ether oxygens (including phenoxy) is 3. The SMILES string of the molecule is CC1OC(C)OC(C)P(c2ccccc2)C(C)O1. The molecule has 3 nitrogen and oxygen atoms in total. The molecule has 1 aliphatic rings. The van der Waals surface area contributed by atoms with Gasteiger partial charge in [0.15, 0.2) is 12.6 Å². The van der Waals surface area contributed by atoms with E-state index in [2.05, 4.69) is 38.1 Å². The van der Waals surface area contributed by atoms with Gasteiger partial charge in [0, 0.05) is 0 Å². The Balaban J connectivity index is 2.24. The molecule has 1 fully saturated rings. The molecule has 0 saturated carbocycles. The van der Waals surface area contributed by atoms with Crippen molar-refractivity contribution in [2.24, 2.45) is 0 Å². The first kappa shape index (κ1) is 14.0. The molecule has 0 spiro atoms. The Bertz CT molecular complexity index is 355. The first-order chi connectivity index (χ1) is 8.58. The molecule has 0 radical (unpaired) electrons. The van der Waals surface area contributed by atoms with E-state index in [9.17, 15) is 0 Å². The standard InChI is InChI=1S/C14H21O3P/c1-10-15-11(2)17-13(4)18(12(3)16-10)14-8-6-5-7-9-14/h5-13H,1-4H3. The van der Waals surface area contributed by atoms with E-state index in [0.29, 0.717) is 0 Å². The molecule has 0 amide bonds. The summed E-state index contributed by atoms with van der Waals surface area (Å²) in [6.45, 7) is 8.05. The van der Waals surface area contributed by atoms with Crippen LogP contribution in [0.5, 0.6) is 0 Å². The van der Waals surface area contributed by atoms with Crippen molar-refractivity contribution in [2.75, 3.05) is 0 Å². The van der Waals surface area contributed by atoms with E-state index in [-0.39, 0.29) is 24.3 Å². The van der Waals surface area contributed by atoms with Crippen molar-refractivity contribution in [3.05, 3.63) is 30.3 Å². The molecule has 1 heterocycles. The molecule has 4 heteroatoms. The van der Waals surface area contributed by atoms with E-state index in [1.807, 2.05) is 19.9 Å². The molecule has 1 aromatic rings. The normalized spacial score (nSPS) is 37.9. The summed E-state index contributed by atoms with van der Waals surface area (Å²) in [4.78, 5) is 0.